The zero-order chi connectivity index (χ0) is 12.0. The number of hydrogen-bond donors (Lipinski definition) is 3. The van der Waals surface area contributed by atoms with Crippen molar-refractivity contribution in [1.82, 2.24) is 4.90 Å². The molecule has 0 atom stereocenters. The summed E-state index contributed by atoms with van der Waals surface area (Å²) in [6.45, 7) is 0.740. The molecule has 0 fully saturated rings. The number of likely N-dealkylation sites (N-methyl/N-ethyl adjacent to an activating group) is 1. The highest BCUT2D eigenvalue weighted by atomic mass is 16.3. The van der Waals surface area contributed by atoms with E-state index < -0.39 is 0 Å². The highest BCUT2D eigenvalue weighted by Crippen LogP contribution is 2.16. The first kappa shape index (κ1) is 12.5. The molecule has 0 aliphatic heterocycles. The van der Waals surface area contributed by atoms with Crippen LogP contribution in [0.15, 0.2) is 24.3 Å². The summed E-state index contributed by atoms with van der Waals surface area (Å²) < 4.78 is 0. The van der Waals surface area contributed by atoms with Gasteiger partial charge in [-0.05, 0) is 19.2 Å². The smallest absolute Gasteiger partial charge is 0.238 e. The van der Waals surface area contributed by atoms with Gasteiger partial charge in [-0.3, -0.25) is 9.69 Å². The standard InChI is InChI=1S/C11H17N3O2/c1-14(6-7-15)8-11(16)13-10-5-3-2-4-9(10)12/h2-5,15H,6-8,12H2,1H3,(H,13,16). The fraction of sp³-hybridized carbons (Fsp3) is 0.364. The van der Waals surface area contributed by atoms with Crippen LogP contribution < -0.4 is 11.1 Å². The highest BCUT2D eigenvalue weighted by Gasteiger charge is 2.07. The minimum Gasteiger partial charge on any atom is -0.397 e. The van der Waals surface area contributed by atoms with Gasteiger partial charge in [0, 0.05) is 6.54 Å². The molecule has 1 amide bonds. The van der Waals surface area contributed by atoms with Crippen molar-refractivity contribution in [2.45, 2.75) is 0 Å². The van der Waals surface area contributed by atoms with Gasteiger partial charge in [0.05, 0.1) is 24.5 Å². The van der Waals surface area contributed by atoms with E-state index in [-0.39, 0.29) is 19.1 Å². The van der Waals surface area contributed by atoms with Crippen molar-refractivity contribution in [3.05, 3.63) is 24.3 Å². The van der Waals surface area contributed by atoms with Gasteiger partial charge < -0.3 is 16.2 Å². The minimum absolute atomic E-state index is 0.0389. The average Bonchev–Trinajstić information content (AvgIpc) is 2.21. The van der Waals surface area contributed by atoms with E-state index in [4.69, 9.17) is 10.8 Å². The van der Waals surface area contributed by atoms with Gasteiger partial charge in [0.1, 0.15) is 0 Å². The number of nitrogen functional groups attached to an aromatic ring is 1. The molecular weight excluding hydrogens is 206 g/mol. The molecule has 4 N–H and O–H groups in total. The number of benzene rings is 1. The summed E-state index contributed by atoms with van der Waals surface area (Å²) in [6.07, 6.45) is 0. The Balaban J connectivity index is 2.49. The van der Waals surface area contributed by atoms with Crippen molar-refractivity contribution >= 4 is 17.3 Å². The maximum atomic E-state index is 11.6. The molecule has 0 aliphatic rings. The molecule has 0 bridgehead atoms. The van der Waals surface area contributed by atoms with Crippen molar-refractivity contribution in [3.63, 3.8) is 0 Å². The Kier molecular flexibility index (Phi) is 4.75. The Morgan fingerprint density at radius 2 is 2.19 bits per heavy atom. The fourth-order valence-corrected chi connectivity index (χ4v) is 1.30. The number of rotatable bonds is 5. The van der Waals surface area contributed by atoms with Gasteiger partial charge in [-0.2, -0.15) is 0 Å². The van der Waals surface area contributed by atoms with Gasteiger partial charge in [-0.15, -0.1) is 0 Å². The Bertz CT molecular complexity index is 355. The third-order valence-electron chi connectivity index (χ3n) is 2.13. The molecule has 0 aliphatic carbocycles. The number of aliphatic hydroxyl groups excluding tert-OH is 1. The monoisotopic (exact) mass is 223 g/mol. The number of amides is 1. The van der Waals surface area contributed by atoms with Crippen molar-refractivity contribution in [3.8, 4) is 0 Å². The van der Waals surface area contributed by atoms with E-state index in [0.29, 0.717) is 17.9 Å². The van der Waals surface area contributed by atoms with Crippen LogP contribution in [0, 0.1) is 0 Å². The third-order valence-corrected chi connectivity index (χ3v) is 2.13. The van der Waals surface area contributed by atoms with E-state index >= 15 is 0 Å². The molecule has 5 heteroatoms. The van der Waals surface area contributed by atoms with Crippen LogP contribution in [0.5, 0.6) is 0 Å². The predicted molar refractivity (Wildman–Crippen MR) is 64.1 cm³/mol. The zero-order valence-electron chi connectivity index (χ0n) is 9.31. The maximum Gasteiger partial charge on any atom is 0.238 e. The molecule has 16 heavy (non-hydrogen) atoms. The van der Waals surface area contributed by atoms with Gasteiger partial charge in [-0.25, -0.2) is 0 Å². The topological polar surface area (TPSA) is 78.6 Å². The number of carbonyl (C=O) groups is 1. The summed E-state index contributed by atoms with van der Waals surface area (Å²) in [7, 11) is 1.77. The van der Waals surface area contributed by atoms with Gasteiger partial charge >= 0.3 is 0 Å². The molecule has 0 unspecified atom stereocenters. The summed E-state index contributed by atoms with van der Waals surface area (Å²) >= 11 is 0. The van der Waals surface area contributed by atoms with E-state index in [9.17, 15) is 4.79 Å². The second kappa shape index (κ2) is 6.09. The maximum absolute atomic E-state index is 11.6. The van der Waals surface area contributed by atoms with Crippen LogP contribution in [0.25, 0.3) is 0 Å². The summed E-state index contributed by atoms with van der Waals surface area (Å²) in [6, 6.07) is 7.10. The SMILES string of the molecule is CN(CCO)CC(=O)Nc1ccccc1N. The second-order valence-corrected chi connectivity index (χ2v) is 3.60. The molecule has 0 radical (unpaired) electrons. The van der Waals surface area contributed by atoms with Crippen LogP contribution >= 0.6 is 0 Å². The number of nitrogens with one attached hydrogen (secondary N) is 1. The average molecular weight is 223 g/mol. The summed E-state index contributed by atoms with van der Waals surface area (Å²) in [5.41, 5.74) is 6.85. The van der Waals surface area contributed by atoms with Crippen LogP contribution in [0.3, 0.4) is 0 Å². The van der Waals surface area contributed by atoms with Crippen LogP contribution in [-0.4, -0.2) is 42.7 Å². The van der Waals surface area contributed by atoms with Gasteiger partial charge in [0.15, 0.2) is 0 Å². The molecule has 1 rings (SSSR count). The lowest BCUT2D eigenvalue weighted by molar-refractivity contribution is -0.117. The van der Waals surface area contributed by atoms with E-state index in [1.165, 1.54) is 0 Å². The Hall–Kier alpha value is -1.59. The van der Waals surface area contributed by atoms with Crippen molar-refractivity contribution < 1.29 is 9.90 Å². The van der Waals surface area contributed by atoms with Crippen molar-refractivity contribution in [2.75, 3.05) is 37.8 Å². The fourth-order valence-electron chi connectivity index (χ4n) is 1.30. The number of aliphatic hydroxyl groups is 1. The molecule has 1 aromatic rings. The molecular formula is C11H17N3O2. The summed E-state index contributed by atoms with van der Waals surface area (Å²) in [5.74, 6) is -0.145. The quantitative estimate of drug-likeness (QED) is 0.620. The van der Waals surface area contributed by atoms with E-state index in [1.807, 2.05) is 12.1 Å². The Morgan fingerprint density at radius 3 is 2.81 bits per heavy atom. The van der Waals surface area contributed by atoms with Crippen molar-refractivity contribution in [2.24, 2.45) is 0 Å². The third kappa shape index (κ3) is 3.88. The molecule has 0 spiro atoms. The number of hydrogen-bond acceptors (Lipinski definition) is 4. The van der Waals surface area contributed by atoms with E-state index in [1.54, 1.807) is 24.1 Å². The number of nitrogens with zero attached hydrogens (tertiary/aromatic N) is 1. The van der Waals surface area contributed by atoms with Crippen LogP contribution in [0.1, 0.15) is 0 Å². The number of nitrogens with two attached hydrogens (primary N) is 1. The zero-order valence-corrected chi connectivity index (χ0v) is 9.31. The van der Waals surface area contributed by atoms with Crippen molar-refractivity contribution in [1.29, 1.82) is 0 Å². The number of para-hydroxylation sites is 2. The first-order valence-electron chi connectivity index (χ1n) is 5.07. The van der Waals surface area contributed by atoms with E-state index in [0.717, 1.165) is 0 Å². The van der Waals surface area contributed by atoms with Gasteiger partial charge in [0.25, 0.3) is 0 Å². The number of carbonyl (C=O) groups excluding carboxylic acids is 1. The second-order valence-electron chi connectivity index (χ2n) is 3.60. The molecule has 0 aromatic heterocycles. The molecule has 88 valence electrons. The first-order valence-corrected chi connectivity index (χ1v) is 5.07. The highest BCUT2D eigenvalue weighted by molar-refractivity contribution is 5.95. The Morgan fingerprint density at radius 1 is 1.50 bits per heavy atom. The molecule has 1 aromatic carbocycles. The van der Waals surface area contributed by atoms with Gasteiger partial charge in [0.2, 0.25) is 5.91 Å². The lowest BCUT2D eigenvalue weighted by Gasteiger charge is -2.15. The Labute approximate surface area is 94.9 Å². The lowest BCUT2D eigenvalue weighted by atomic mass is 10.2. The number of anilines is 2. The summed E-state index contributed by atoms with van der Waals surface area (Å²) in [5, 5.41) is 11.4. The summed E-state index contributed by atoms with van der Waals surface area (Å²) in [4.78, 5) is 13.3. The van der Waals surface area contributed by atoms with E-state index in [2.05, 4.69) is 5.32 Å². The van der Waals surface area contributed by atoms with Crippen LogP contribution in [0.2, 0.25) is 0 Å². The molecule has 0 saturated heterocycles. The molecule has 0 saturated carbocycles. The van der Waals surface area contributed by atoms with Crippen LogP contribution in [0.4, 0.5) is 11.4 Å². The molecule has 5 nitrogen and oxygen atoms in total. The van der Waals surface area contributed by atoms with Crippen LogP contribution in [-0.2, 0) is 4.79 Å². The lowest BCUT2D eigenvalue weighted by Crippen LogP contribution is -2.32. The normalized spacial score (nSPS) is 10.4. The predicted octanol–water partition coefficient (Wildman–Crippen LogP) is 0.131. The van der Waals surface area contributed by atoms with Gasteiger partial charge in [-0.1, -0.05) is 12.1 Å². The first-order chi connectivity index (χ1) is 7.63. The molecule has 0 heterocycles. The minimum atomic E-state index is -0.145. The largest absolute Gasteiger partial charge is 0.397 e.